The number of phenolic OH excluding ortho intramolecular Hbond substituents is 3. The van der Waals surface area contributed by atoms with Gasteiger partial charge in [0.2, 0.25) is 5.75 Å². The van der Waals surface area contributed by atoms with Crippen LogP contribution in [0, 0.1) is 0 Å². The molecule has 0 aliphatic rings. The van der Waals surface area contributed by atoms with Crippen molar-refractivity contribution in [3.8, 4) is 28.6 Å². The van der Waals surface area contributed by atoms with E-state index in [4.69, 9.17) is 9.15 Å². The first-order valence-electron chi connectivity index (χ1n) is 11.3. The number of aromatic hydroxyl groups is 3. The first kappa shape index (κ1) is 23.7. The van der Waals surface area contributed by atoms with Crippen LogP contribution >= 0.6 is 0 Å². The van der Waals surface area contributed by atoms with Crippen LogP contribution in [0.1, 0.15) is 23.5 Å². The zero-order valence-corrected chi connectivity index (χ0v) is 19.5. The van der Waals surface area contributed by atoms with E-state index in [1.54, 1.807) is 60.7 Å². The Morgan fingerprint density at radius 3 is 2.38 bits per heavy atom. The molecule has 0 aliphatic heterocycles. The zero-order valence-electron chi connectivity index (χ0n) is 19.5. The third kappa shape index (κ3) is 4.06. The minimum atomic E-state index is -1.22. The van der Waals surface area contributed by atoms with Crippen LogP contribution in [-0.2, 0) is 9.53 Å². The maximum Gasteiger partial charge on any atom is 0.306 e. The number of methoxy groups -OCH3 is 1. The number of hydrogen-bond donors (Lipinski definition) is 4. The van der Waals surface area contributed by atoms with Gasteiger partial charge in [0.25, 0.3) is 5.56 Å². The van der Waals surface area contributed by atoms with Gasteiger partial charge in [-0.3, -0.25) is 14.4 Å². The highest BCUT2D eigenvalue weighted by atomic mass is 16.5. The maximum absolute atomic E-state index is 13.2. The van der Waals surface area contributed by atoms with E-state index in [2.05, 4.69) is 4.98 Å². The standard InChI is InChI=1S/C28H21NO8/c1-36-21(31)12-16(17-11-15-9-5-6-10-18(15)29-28(17)35)22-24(32)26(34)25(33)23-19(30)13-20(37-27(22)23)14-7-3-2-4-8-14/h2-11,13,16,32-34H,12H2,1H3,(H,29,35)/t16-/m0/s1. The lowest BCUT2D eigenvalue weighted by atomic mass is 9.86. The number of rotatable bonds is 5. The van der Waals surface area contributed by atoms with Gasteiger partial charge in [-0.15, -0.1) is 0 Å². The molecule has 1 atom stereocenters. The average molecular weight is 499 g/mol. The van der Waals surface area contributed by atoms with Crippen LogP contribution in [0.15, 0.2) is 80.7 Å². The van der Waals surface area contributed by atoms with Crippen molar-refractivity contribution in [1.29, 1.82) is 0 Å². The number of phenols is 3. The molecular weight excluding hydrogens is 478 g/mol. The summed E-state index contributed by atoms with van der Waals surface area (Å²) in [6, 6.07) is 18.3. The van der Waals surface area contributed by atoms with E-state index < -0.39 is 51.9 Å². The molecule has 5 rings (SSSR count). The number of para-hydroxylation sites is 1. The quantitative estimate of drug-likeness (QED) is 0.208. The van der Waals surface area contributed by atoms with Crippen LogP contribution in [0.3, 0.4) is 0 Å². The summed E-state index contributed by atoms with van der Waals surface area (Å²) >= 11 is 0. The monoisotopic (exact) mass is 499 g/mol. The van der Waals surface area contributed by atoms with Crippen LogP contribution < -0.4 is 11.0 Å². The number of pyridine rings is 1. The molecule has 9 heteroatoms. The largest absolute Gasteiger partial charge is 0.504 e. The van der Waals surface area contributed by atoms with Gasteiger partial charge >= 0.3 is 5.97 Å². The smallest absolute Gasteiger partial charge is 0.306 e. The van der Waals surface area contributed by atoms with E-state index in [1.807, 2.05) is 0 Å². The number of fused-ring (bicyclic) bond motifs is 2. The van der Waals surface area contributed by atoms with Crippen LogP contribution in [0.5, 0.6) is 17.2 Å². The number of hydrogen-bond acceptors (Lipinski definition) is 8. The molecule has 4 N–H and O–H groups in total. The summed E-state index contributed by atoms with van der Waals surface area (Å²) in [5.74, 6) is -4.51. The molecule has 0 amide bonds. The number of nitrogens with one attached hydrogen (secondary N) is 1. The molecule has 0 fully saturated rings. The zero-order chi connectivity index (χ0) is 26.3. The van der Waals surface area contributed by atoms with Crippen molar-refractivity contribution in [3.05, 3.63) is 98.4 Å². The number of esters is 1. The molecule has 0 saturated heterocycles. The van der Waals surface area contributed by atoms with Gasteiger partial charge in [-0.25, -0.2) is 0 Å². The van der Waals surface area contributed by atoms with Gasteiger partial charge in [0.05, 0.1) is 13.5 Å². The third-order valence-corrected chi connectivity index (χ3v) is 6.30. The number of carbonyl (C=O) groups is 1. The van der Waals surface area contributed by atoms with Crippen molar-refractivity contribution in [2.75, 3.05) is 7.11 Å². The number of aromatic nitrogens is 1. The topological polar surface area (TPSA) is 150 Å². The molecule has 0 saturated carbocycles. The number of benzene rings is 3. The van der Waals surface area contributed by atoms with Crippen molar-refractivity contribution >= 4 is 27.8 Å². The van der Waals surface area contributed by atoms with E-state index in [0.29, 0.717) is 16.5 Å². The van der Waals surface area contributed by atoms with Crippen LogP contribution in [0.2, 0.25) is 0 Å². The molecular formula is C28H21NO8. The Morgan fingerprint density at radius 1 is 0.946 bits per heavy atom. The molecule has 2 heterocycles. The highest BCUT2D eigenvalue weighted by Crippen LogP contribution is 2.49. The van der Waals surface area contributed by atoms with Crippen molar-refractivity contribution in [2.45, 2.75) is 12.3 Å². The molecule has 0 aliphatic carbocycles. The molecule has 9 nitrogen and oxygen atoms in total. The van der Waals surface area contributed by atoms with E-state index in [9.17, 15) is 29.7 Å². The van der Waals surface area contributed by atoms with Crippen molar-refractivity contribution in [2.24, 2.45) is 0 Å². The predicted octanol–water partition coefficient (Wildman–Crippen LogP) is 4.11. The van der Waals surface area contributed by atoms with Gasteiger partial charge in [0.15, 0.2) is 16.9 Å². The summed E-state index contributed by atoms with van der Waals surface area (Å²) < 4.78 is 10.9. The number of H-pyrrole nitrogens is 1. The van der Waals surface area contributed by atoms with Crippen molar-refractivity contribution in [1.82, 2.24) is 4.98 Å². The Morgan fingerprint density at radius 2 is 1.65 bits per heavy atom. The lowest BCUT2D eigenvalue weighted by Crippen LogP contribution is -2.20. The SMILES string of the molecule is COC(=O)C[C@@H](c1cc2ccccc2[nH]c1=O)c1c(O)c(O)c(O)c2c(=O)cc(-c3ccccc3)oc12. The fourth-order valence-corrected chi connectivity index (χ4v) is 4.48. The molecule has 0 bridgehead atoms. The van der Waals surface area contributed by atoms with Crippen LogP contribution in [0.4, 0.5) is 0 Å². The molecule has 5 aromatic rings. The van der Waals surface area contributed by atoms with E-state index >= 15 is 0 Å². The van der Waals surface area contributed by atoms with Gasteiger partial charge in [0.1, 0.15) is 16.7 Å². The summed E-state index contributed by atoms with van der Waals surface area (Å²) in [5.41, 5.74) is -0.612. The molecule has 2 aromatic heterocycles. The van der Waals surface area contributed by atoms with Gasteiger partial charge in [0, 0.05) is 34.2 Å². The molecule has 37 heavy (non-hydrogen) atoms. The first-order chi connectivity index (χ1) is 17.8. The summed E-state index contributed by atoms with van der Waals surface area (Å²) in [7, 11) is 1.17. The van der Waals surface area contributed by atoms with Crippen molar-refractivity contribution < 1.29 is 29.3 Å². The van der Waals surface area contributed by atoms with Gasteiger partial charge in [-0.1, -0.05) is 48.5 Å². The van der Waals surface area contributed by atoms with Crippen LogP contribution in [-0.4, -0.2) is 33.4 Å². The Kier molecular flexibility index (Phi) is 5.88. The lowest BCUT2D eigenvalue weighted by Gasteiger charge is -2.20. The summed E-state index contributed by atoms with van der Waals surface area (Å²) in [6.45, 7) is 0. The fraction of sp³-hybridized carbons (Fsp3) is 0.107. The summed E-state index contributed by atoms with van der Waals surface area (Å²) in [4.78, 5) is 41.5. The number of ether oxygens (including phenoxy) is 1. The Balaban J connectivity index is 1.89. The van der Waals surface area contributed by atoms with Gasteiger partial charge in [-0.2, -0.15) is 0 Å². The first-order valence-corrected chi connectivity index (χ1v) is 11.3. The average Bonchev–Trinajstić information content (AvgIpc) is 2.91. The second-order valence-corrected chi connectivity index (χ2v) is 8.48. The van der Waals surface area contributed by atoms with Crippen molar-refractivity contribution in [3.63, 3.8) is 0 Å². The molecule has 0 radical (unpaired) electrons. The molecule has 186 valence electrons. The summed E-state index contributed by atoms with van der Waals surface area (Å²) in [5, 5.41) is 32.3. The van der Waals surface area contributed by atoms with E-state index in [1.165, 1.54) is 7.11 Å². The molecule has 0 unspecified atom stereocenters. The number of carbonyl (C=O) groups excluding carboxylic acids is 1. The minimum Gasteiger partial charge on any atom is -0.504 e. The molecule has 3 aromatic carbocycles. The maximum atomic E-state index is 13.2. The second-order valence-electron chi connectivity index (χ2n) is 8.48. The Labute approximate surface area is 208 Å². The lowest BCUT2D eigenvalue weighted by molar-refractivity contribution is -0.140. The number of aromatic amines is 1. The normalized spacial score (nSPS) is 12.0. The highest BCUT2D eigenvalue weighted by Gasteiger charge is 2.32. The van der Waals surface area contributed by atoms with E-state index in [-0.39, 0.29) is 22.5 Å². The third-order valence-electron chi connectivity index (χ3n) is 6.30. The summed E-state index contributed by atoms with van der Waals surface area (Å²) in [6.07, 6.45) is -0.440. The Hall–Kier alpha value is -5.05. The Bertz CT molecular complexity index is 1790. The van der Waals surface area contributed by atoms with Gasteiger partial charge < -0.3 is 29.5 Å². The van der Waals surface area contributed by atoms with Gasteiger partial charge in [-0.05, 0) is 17.5 Å². The molecule has 0 spiro atoms. The second kappa shape index (κ2) is 9.19. The highest BCUT2D eigenvalue weighted by molar-refractivity contribution is 5.94. The minimum absolute atomic E-state index is 0.0542. The predicted molar refractivity (Wildman–Crippen MR) is 136 cm³/mol. The van der Waals surface area contributed by atoms with E-state index in [0.717, 1.165) is 6.07 Å². The fourth-order valence-electron chi connectivity index (χ4n) is 4.48. The van der Waals surface area contributed by atoms with Crippen LogP contribution in [0.25, 0.3) is 33.2 Å².